The number of hydrogen-bond donors (Lipinski definition) is 1. The minimum Gasteiger partial charge on any atom is -0.497 e. The Morgan fingerprint density at radius 1 is 1.00 bits per heavy atom. The summed E-state index contributed by atoms with van der Waals surface area (Å²) in [6.07, 6.45) is 10.4. The van der Waals surface area contributed by atoms with Gasteiger partial charge in [-0.05, 0) is 104 Å². The molecule has 0 aliphatic heterocycles. The molecule has 166 valence electrons. The summed E-state index contributed by atoms with van der Waals surface area (Å²) in [5.74, 6) is 3.36. The molecule has 4 heteroatoms. The molecule has 3 fully saturated rings. The van der Waals surface area contributed by atoms with Crippen LogP contribution in [0.3, 0.4) is 0 Å². The Kier molecular flexibility index (Phi) is 5.02. The first-order valence-corrected chi connectivity index (χ1v) is 12.0. The van der Waals surface area contributed by atoms with Crippen LogP contribution in [0.15, 0.2) is 35.9 Å². The van der Waals surface area contributed by atoms with Gasteiger partial charge in [0.2, 0.25) is 5.91 Å². The van der Waals surface area contributed by atoms with Gasteiger partial charge in [0.25, 0.3) is 0 Å². The fourth-order valence-electron chi connectivity index (χ4n) is 7.89. The third kappa shape index (κ3) is 3.25. The van der Waals surface area contributed by atoms with Crippen molar-refractivity contribution >= 4 is 17.4 Å². The third-order valence-electron chi connectivity index (χ3n) is 9.64. The quantitative estimate of drug-likeness (QED) is 0.673. The number of hydrogen-bond acceptors (Lipinski definition) is 3. The first-order chi connectivity index (χ1) is 14.8. The predicted molar refractivity (Wildman–Crippen MR) is 122 cm³/mol. The highest BCUT2D eigenvalue weighted by Gasteiger charge is 2.60. The number of fused-ring (bicyclic) bond motifs is 5. The highest BCUT2D eigenvalue weighted by molar-refractivity contribution is 5.93. The summed E-state index contributed by atoms with van der Waals surface area (Å²) < 4.78 is 5.23. The average molecular weight is 422 g/mol. The minimum atomic E-state index is 0.0817. The number of carbonyl (C=O) groups excluding carboxylic acids is 2. The van der Waals surface area contributed by atoms with Gasteiger partial charge in [-0.1, -0.05) is 19.4 Å². The summed E-state index contributed by atoms with van der Waals surface area (Å²) in [5, 5.41) is 3.18. The molecule has 1 aromatic carbocycles. The predicted octanol–water partition coefficient (Wildman–Crippen LogP) is 5.78. The average Bonchev–Trinajstić information content (AvgIpc) is 3.12. The van der Waals surface area contributed by atoms with Crippen LogP contribution in [-0.2, 0) is 9.59 Å². The van der Waals surface area contributed by atoms with Gasteiger partial charge in [0.1, 0.15) is 5.75 Å². The molecule has 0 saturated heterocycles. The van der Waals surface area contributed by atoms with Crippen LogP contribution in [0.4, 0.5) is 5.69 Å². The summed E-state index contributed by atoms with van der Waals surface area (Å²) in [4.78, 5) is 25.4. The van der Waals surface area contributed by atoms with Gasteiger partial charge >= 0.3 is 0 Å². The van der Waals surface area contributed by atoms with Crippen LogP contribution < -0.4 is 10.1 Å². The molecule has 0 bridgehead atoms. The molecule has 31 heavy (non-hydrogen) atoms. The van der Waals surface area contributed by atoms with Gasteiger partial charge in [0, 0.05) is 18.0 Å². The van der Waals surface area contributed by atoms with Crippen molar-refractivity contribution in [2.24, 2.45) is 34.5 Å². The smallest absolute Gasteiger partial charge is 0.228 e. The molecule has 0 spiro atoms. The van der Waals surface area contributed by atoms with Crippen molar-refractivity contribution in [3.63, 3.8) is 0 Å². The summed E-state index contributed by atoms with van der Waals surface area (Å²) in [6, 6.07) is 7.62. The molecular formula is C27H35NO3. The van der Waals surface area contributed by atoms with E-state index in [0.29, 0.717) is 30.0 Å². The second kappa shape index (κ2) is 7.50. The van der Waals surface area contributed by atoms with E-state index >= 15 is 0 Å². The number of allylic oxidation sites excluding steroid dienone is 1. The molecule has 0 radical (unpaired) electrons. The van der Waals surface area contributed by atoms with Gasteiger partial charge < -0.3 is 10.1 Å². The summed E-state index contributed by atoms with van der Waals surface area (Å²) >= 11 is 0. The molecule has 0 aromatic heterocycles. The van der Waals surface area contributed by atoms with Gasteiger partial charge in [0.15, 0.2) is 5.78 Å². The van der Waals surface area contributed by atoms with Crippen molar-refractivity contribution in [1.29, 1.82) is 0 Å². The van der Waals surface area contributed by atoms with Crippen LogP contribution >= 0.6 is 0 Å². The minimum absolute atomic E-state index is 0.0817. The van der Waals surface area contributed by atoms with E-state index < -0.39 is 0 Å². The zero-order chi connectivity index (χ0) is 21.8. The van der Waals surface area contributed by atoms with Gasteiger partial charge in [-0.2, -0.15) is 0 Å². The van der Waals surface area contributed by atoms with Crippen molar-refractivity contribution < 1.29 is 14.3 Å². The Balaban J connectivity index is 1.34. The lowest BCUT2D eigenvalue weighted by Gasteiger charge is -2.58. The monoisotopic (exact) mass is 421 g/mol. The highest BCUT2D eigenvalue weighted by atomic mass is 16.5. The molecule has 4 aliphatic rings. The maximum Gasteiger partial charge on any atom is 0.228 e. The number of nitrogens with one attached hydrogen (secondary N) is 1. The topological polar surface area (TPSA) is 55.4 Å². The van der Waals surface area contributed by atoms with E-state index in [1.54, 1.807) is 7.11 Å². The zero-order valence-corrected chi connectivity index (χ0v) is 19.1. The number of benzene rings is 1. The van der Waals surface area contributed by atoms with Crippen molar-refractivity contribution in [2.45, 2.75) is 65.2 Å². The Bertz CT molecular complexity index is 919. The lowest BCUT2D eigenvalue weighted by molar-refractivity contribution is -0.127. The number of anilines is 1. The molecular weight excluding hydrogens is 386 g/mol. The van der Waals surface area contributed by atoms with Crippen LogP contribution in [0.25, 0.3) is 0 Å². The molecule has 1 amide bonds. The fraction of sp³-hybridized carbons (Fsp3) is 0.630. The second-order valence-electron chi connectivity index (χ2n) is 10.9. The zero-order valence-electron chi connectivity index (χ0n) is 19.1. The maximum absolute atomic E-state index is 13.3. The first-order valence-electron chi connectivity index (χ1n) is 12.0. The van der Waals surface area contributed by atoms with Crippen molar-refractivity contribution in [3.8, 4) is 5.75 Å². The van der Waals surface area contributed by atoms with E-state index in [1.165, 1.54) is 18.4 Å². The third-order valence-corrected chi connectivity index (χ3v) is 9.64. The summed E-state index contributed by atoms with van der Waals surface area (Å²) in [7, 11) is 1.65. The number of ketones is 1. The Morgan fingerprint density at radius 2 is 1.77 bits per heavy atom. The summed E-state index contributed by atoms with van der Waals surface area (Å²) in [5.41, 5.74) is 2.54. The van der Waals surface area contributed by atoms with E-state index in [0.717, 1.165) is 43.5 Å². The number of methoxy groups -OCH3 is 1. The van der Waals surface area contributed by atoms with Crippen LogP contribution in [0.2, 0.25) is 0 Å². The molecule has 1 N–H and O–H groups in total. The molecule has 1 unspecified atom stereocenters. The van der Waals surface area contributed by atoms with Crippen molar-refractivity contribution in [3.05, 3.63) is 35.9 Å². The van der Waals surface area contributed by atoms with E-state index in [1.807, 2.05) is 30.3 Å². The van der Waals surface area contributed by atoms with Crippen molar-refractivity contribution in [2.75, 3.05) is 12.4 Å². The van der Waals surface area contributed by atoms with Gasteiger partial charge in [-0.3, -0.25) is 9.59 Å². The number of amides is 1. The number of rotatable bonds is 3. The molecule has 1 aromatic rings. The van der Waals surface area contributed by atoms with Gasteiger partial charge in [-0.25, -0.2) is 0 Å². The van der Waals surface area contributed by atoms with E-state index in [9.17, 15) is 9.59 Å². The molecule has 4 aliphatic carbocycles. The fourth-order valence-corrected chi connectivity index (χ4v) is 7.89. The van der Waals surface area contributed by atoms with Crippen LogP contribution in [0, 0.1) is 34.5 Å². The van der Waals surface area contributed by atoms with Crippen molar-refractivity contribution in [1.82, 2.24) is 0 Å². The molecule has 3 saturated carbocycles. The number of carbonyl (C=O) groups is 2. The van der Waals surface area contributed by atoms with E-state index in [4.69, 9.17) is 4.74 Å². The van der Waals surface area contributed by atoms with Gasteiger partial charge in [0.05, 0.1) is 7.11 Å². The SMILES string of the molecule is COc1ccc(NC(=O)C2CC[C@H]3[C@@H]4CCC5=CC(=O)CC[C@]5(C)[C@@H]4CC[C@]23C)cc1. The van der Waals surface area contributed by atoms with Crippen LogP contribution in [-0.4, -0.2) is 18.8 Å². The van der Waals surface area contributed by atoms with Crippen LogP contribution in [0.1, 0.15) is 65.2 Å². The standard InChI is InChI=1S/C27H35NO3/c1-26-14-12-19(29)16-17(26)4-9-21-22-10-11-24(27(22,2)15-13-23(21)26)25(30)28-18-5-7-20(31-3)8-6-18/h5-8,16,21-24H,4,9-15H2,1-3H3,(H,28,30)/t21-,22-,23+,24?,26-,27-/m0/s1. The Morgan fingerprint density at radius 3 is 2.52 bits per heavy atom. The Labute approximate surface area is 185 Å². The largest absolute Gasteiger partial charge is 0.497 e. The molecule has 6 atom stereocenters. The Hall–Kier alpha value is -2.10. The lowest BCUT2D eigenvalue weighted by Crippen LogP contribution is -2.51. The lowest BCUT2D eigenvalue weighted by atomic mass is 9.47. The van der Waals surface area contributed by atoms with E-state index in [2.05, 4.69) is 19.2 Å². The molecule has 5 rings (SSSR count). The second-order valence-corrected chi connectivity index (χ2v) is 10.9. The van der Waals surface area contributed by atoms with E-state index in [-0.39, 0.29) is 22.7 Å². The van der Waals surface area contributed by atoms with Gasteiger partial charge in [-0.15, -0.1) is 0 Å². The summed E-state index contributed by atoms with van der Waals surface area (Å²) in [6.45, 7) is 4.81. The maximum atomic E-state index is 13.3. The highest BCUT2D eigenvalue weighted by Crippen LogP contribution is 2.66. The number of ether oxygens (including phenoxy) is 1. The molecule has 0 heterocycles. The first kappa shape index (κ1) is 20.8. The normalized spacial score (nSPS) is 39.1. The van der Waals surface area contributed by atoms with Crippen LogP contribution in [0.5, 0.6) is 5.75 Å². The molecule has 4 nitrogen and oxygen atoms in total.